The summed E-state index contributed by atoms with van der Waals surface area (Å²) in [6.45, 7) is 1.95. The smallest absolute Gasteiger partial charge is 0.271 e. The van der Waals surface area contributed by atoms with Crippen molar-refractivity contribution in [1.82, 2.24) is 0 Å². The Balaban J connectivity index is 1.53. The number of phenolic OH excluding ortho intramolecular Hbond substituents is 1. The van der Waals surface area contributed by atoms with Gasteiger partial charge in [-0.05, 0) is 43.0 Å². The molecular weight excluding hydrogens is 459 g/mol. The van der Waals surface area contributed by atoms with Crippen molar-refractivity contribution >= 4 is 23.2 Å². The summed E-state index contributed by atoms with van der Waals surface area (Å²) < 4.78 is 20.1. The van der Waals surface area contributed by atoms with E-state index in [2.05, 4.69) is 0 Å². The Kier molecular flexibility index (Phi) is 5.60. The number of imide groups is 1. The van der Waals surface area contributed by atoms with E-state index in [9.17, 15) is 34.3 Å². The molecule has 0 spiro atoms. The Labute approximate surface area is 200 Å². The van der Waals surface area contributed by atoms with Crippen LogP contribution in [-0.2, 0) is 14.3 Å². The number of anilines is 1. The molecule has 2 aliphatic heterocycles. The van der Waals surface area contributed by atoms with Gasteiger partial charge in [0.2, 0.25) is 11.8 Å². The average Bonchev–Trinajstić information content (AvgIpc) is 3.30. The number of non-ortho nitro benzene ring substituents is 1. The molecule has 6 atom stereocenters. The number of nitro groups is 1. The molecule has 35 heavy (non-hydrogen) atoms. The van der Waals surface area contributed by atoms with Crippen LogP contribution in [0.4, 0.5) is 15.8 Å². The van der Waals surface area contributed by atoms with Crippen molar-refractivity contribution < 1.29 is 33.9 Å². The molecule has 5 rings (SSSR count). The van der Waals surface area contributed by atoms with Crippen LogP contribution < -0.4 is 4.90 Å². The Morgan fingerprint density at radius 2 is 1.97 bits per heavy atom. The summed E-state index contributed by atoms with van der Waals surface area (Å²) in [7, 11) is 0. The molecule has 2 saturated heterocycles. The molecule has 2 aromatic rings. The topological polar surface area (TPSA) is 130 Å². The number of carbonyl (C=O) groups excluding carboxylic acids is 2. The molecule has 10 heteroatoms. The van der Waals surface area contributed by atoms with E-state index in [1.165, 1.54) is 36.4 Å². The summed E-state index contributed by atoms with van der Waals surface area (Å²) in [6, 6.07) is 9.22. The molecule has 3 aliphatic rings. The Bertz CT molecular complexity index is 1220. The zero-order valence-electron chi connectivity index (χ0n) is 19.0. The van der Waals surface area contributed by atoms with Gasteiger partial charge >= 0.3 is 0 Å². The minimum atomic E-state index is -1.69. The number of aromatic hydroxyl groups is 1. The fourth-order valence-electron chi connectivity index (χ4n) is 6.09. The first-order valence-electron chi connectivity index (χ1n) is 11.7. The van der Waals surface area contributed by atoms with E-state index in [4.69, 9.17) is 4.74 Å². The minimum absolute atomic E-state index is 0.121. The monoisotopic (exact) mass is 484 g/mol. The van der Waals surface area contributed by atoms with Gasteiger partial charge in [-0.1, -0.05) is 25.5 Å². The Hall–Kier alpha value is -3.37. The molecule has 2 heterocycles. The minimum Gasteiger partial charge on any atom is -0.505 e. The van der Waals surface area contributed by atoms with Crippen molar-refractivity contribution in [2.75, 3.05) is 4.90 Å². The van der Waals surface area contributed by atoms with Gasteiger partial charge in [0.1, 0.15) is 0 Å². The first kappa shape index (κ1) is 23.4. The second-order valence-electron chi connectivity index (χ2n) is 9.55. The number of benzene rings is 2. The third-order valence-corrected chi connectivity index (χ3v) is 7.64. The average molecular weight is 484 g/mol. The van der Waals surface area contributed by atoms with E-state index in [0.717, 1.165) is 17.4 Å². The highest BCUT2D eigenvalue weighted by atomic mass is 19.1. The lowest BCUT2D eigenvalue weighted by atomic mass is 9.63. The predicted molar refractivity (Wildman–Crippen MR) is 121 cm³/mol. The van der Waals surface area contributed by atoms with E-state index < -0.39 is 63.9 Å². The van der Waals surface area contributed by atoms with Gasteiger partial charge in [0, 0.05) is 24.0 Å². The van der Waals surface area contributed by atoms with E-state index in [0.29, 0.717) is 12.0 Å². The Morgan fingerprint density at radius 3 is 2.66 bits per heavy atom. The molecule has 184 valence electrons. The van der Waals surface area contributed by atoms with Crippen LogP contribution in [0.2, 0.25) is 0 Å². The molecule has 0 bridgehead atoms. The molecule has 3 fully saturated rings. The fraction of sp³-hybridized carbons (Fsp3) is 0.440. The van der Waals surface area contributed by atoms with Crippen molar-refractivity contribution in [2.24, 2.45) is 23.7 Å². The maximum Gasteiger partial charge on any atom is 0.271 e. The van der Waals surface area contributed by atoms with Gasteiger partial charge in [-0.2, -0.15) is 0 Å². The maximum atomic E-state index is 14.0. The number of rotatable bonds is 5. The van der Waals surface area contributed by atoms with Crippen LogP contribution in [0.25, 0.3) is 0 Å². The largest absolute Gasteiger partial charge is 0.505 e. The van der Waals surface area contributed by atoms with Gasteiger partial charge in [-0.25, -0.2) is 9.29 Å². The number of carbonyl (C=O) groups is 2. The lowest BCUT2D eigenvalue weighted by Crippen LogP contribution is -2.53. The van der Waals surface area contributed by atoms with Crippen LogP contribution >= 0.6 is 0 Å². The third kappa shape index (κ3) is 3.59. The highest BCUT2D eigenvalue weighted by Crippen LogP contribution is 2.59. The Morgan fingerprint density at radius 1 is 1.20 bits per heavy atom. The molecule has 1 aliphatic carbocycles. The molecule has 1 saturated carbocycles. The molecule has 0 radical (unpaired) electrons. The zero-order chi connectivity index (χ0) is 25.1. The highest BCUT2D eigenvalue weighted by molar-refractivity contribution is 6.22. The van der Waals surface area contributed by atoms with Crippen LogP contribution in [-0.4, -0.2) is 32.7 Å². The lowest BCUT2D eigenvalue weighted by Gasteiger charge is -2.44. The van der Waals surface area contributed by atoms with Gasteiger partial charge < -0.3 is 14.9 Å². The van der Waals surface area contributed by atoms with Crippen molar-refractivity contribution in [3.63, 3.8) is 0 Å². The number of phenols is 1. The number of amides is 2. The fourth-order valence-corrected chi connectivity index (χ4v) is 6.09. The summed E-state index contributed by atoms with van der Waals surface area (Å²) >= 11 is 0. The van der Waals surface area contributed by atoms with Gasteiger partial charge in [0.25, 0.3) is 5.69 Å². The summed E-state index contributed by atoms with van der Waals surface area (Å²) in [4.78, 5) is 38.7. The quantitative estimate of drug-likeness (QED) is 0.375. The number of aliphatic hydroxyl groups is 1. The van der Waals surface area contributed by atoms with Crippen LogP contribution in [0.5, 0.6) is 5.75 Å². The van der Waals surface area contributed by atoms with Crippen LogP contribution in [0, 0.1) is 39.6 Å². The number of ether oxygens (including phenoxy) is 1. The van der Waals surface area contributed by atoms with E-state index in [-0.39, 0.29) is 24.2 Å². The number of fused-ring (bicyclic) bond motifs is 3. The zero-order valence-corrected chi connectivity index (χ0v) is 19.0. The summed E-state index contributed by atoms with van der Waals surface area (Å²) in [5.74, 6) is -6.69. The normalized spacial score (nSPS) is 32.0. The van der Waals surface area contributed by atoms with Crippen LogP contribution in [0.15, 0.2) is 42.5 Å². The van der Waals surface area contributed by atoms with Gasteiger partial charge in [-0.15, -0.1) is 0 Å². The number of hydrogen-bond acceptors (Lipinski definition) is 7. The lowest BCUT2D eigenvalue weighted by molar-refractivity contribution is -0.384. The molecule has 2 N–H and O–H groups in total. The van der Waals surface area contributed by atoms with Gasteiger partial charge in [0.05, 0.1) is 28.6 Å². The predicted octanol–water partition coefficient (Wildman–Crippen LogP) is 3.83. The van der Waals surface area contributed by atoms with Crippen molar-refractivity contribution in [2.45, 2.75) is 44.5 Å². The van der Waals surface area contributed by atoms with Crippen molar-refractivity contribution in [3.05, 3.63) is 64.0 Å². The van der Waals surface area contributed by atoms with Gasteiger partial charge in [0.15, 0.2) is 17.4 Å². The number of nitrogens with zero attached hydrogens (tertiary/aromatic N) is 2. The molecule has 2 aromatic carbocycles. The summed E-state index contributed by atoms with van der Waals surface area (Å²) in [6.07, 6.45) is 0.969. The van der Waals surface area contributed by atoms with Crippen molar-refractivity contribution in [3.8, 4) is 5.75 Å². The maximum absolute atomic E-state index is 14.0. The number of hydrogen-bond donors (Lipinski definition) is 2. The molecule has 0 aromatic heterocycles. The second-order valence-corrected chi connectivity index (χ2v) is 9.55. The second kappa shape index (κ2) is 8.39. The SMILES string of the molecule is CCC[C@H]1C[C@@H]2C(=O)N(c3cccc([N+](=O)[O-])c3)C(=O)[C@@H]2[C@@H]2C[C@@H](c3ccc(O)c(F)c3)O[C@]12O. The molecule has 0 unspecified atom stereocenters. The van der Waals surface area contributed by atoms with E-state index in [1.54, 1.807) is 0 Å². The molecule has 2 amide bonds. The van der Waals surface area contributed by atoms with Crippen LogP contribution in [0.1, 0.15) is 44.3 Å². The highest BCUT2D eigenvalue weighted by Gasteiger charge is 2.66. The van der Waals surface area contributed by atoms with E-state index >= 15 is 0 Å². The standard InChI is InChI=1S/C25H25FN2O7/c1-2-4-14-10-17-22(24(31)27(23(17)30)15-5-3-6-16(11-15)28(33)34)18-12-21(35-25(14,18)32)13-7-8-20(29)19(26)9-13/h3,5-9,11,14,17-18,21-22,29,32H,2,4,10,12H2,1H3/t14-,17-,18-,21-,22-,25+/m0/s1. The molecular formula is C25H25FN2O7. The third-order valence-electron chi connectivity index (χ3n) is 7.64. The first-order chi connectivity index (χ1) is 16.7. The first-order valence-corrected chi connectivity index (χ1v) is 11.7. The number of halogens is 1. The van der Waals surface area contributed by atoms with E-state index in [1.807, 2.05) is 6.92 Å². The summed E-state index contributed by atoms with van der Waals surface area (Å²) in [5.41, 5.74) is 0.300. The van der Waals surface area contributed by atoms with Gasteiger partial charge in [-0.3, -0.25) is 19.7 Å². The molecule has 9 nitrogen and oxygen atoms in total. The summed E-state index contributed by atoms with van der Waals surface area (Å²) in [5, 5.41) is 32.5. The number of nitro benzene ring substituents is 1. The van der Waals surface area contributed by atoms with Crippen LogP contribution in [0.3, 0.4) is 0 Å². The van der Waals surface area contributed by atoms with Crippen molar-refractivity contribution in [1.29, 1.82) is 0 Å².